The first-order chi connectivity index (χ1) is 16.0. The Labute approximate surface area is 191 Å². The van der Waals surface area contributed by atoms with Crippen LogP contribution >= 0.6 is 0 Å². The van der Waals surface area contributed by atoms with E-state index in [0.717, 1.165) is 51.5 Å². The van der Waals surface area contributed by atoms with E-state index in [1.165, 1.54) is 6.21 Å². The molecule has 0 bridgehead atoms. The molecular formula is C27H24N4O2. The van der Waals surface area contributed by atoms with Crippen LogP contribution in [0.5, 0.6) is 0 Å². The number of pyridine rings is 1. The Hall–Kier alpha value is -4.45. The highest BCUT2D eigenvalue weighted by atomic mass is 16.4. The van der Waals surface area contributed by atoms with Crippen molar-refractivity contribution in [3.05, 3.63) is 107 Å². The summed E-state index contributed by atoms with van der Waals surface area (Å²) in [4.78, 5) is 15.2. The average molecular weight is 437 g/mol. The number of benzene rings is 2. The third-order valence-electron chi connectivity index (χ3n) is 5.54. The van der Waals surface area contributed by atoms with Gasteiger partial charge in [-0.3, -0.25) is 0 Å². The van der Waals surface area contributed by atoms with Crippen molar-refractivity contribution in [1.82, 2.24) is 9.38 Å². The lowest BCUT2D eigenvalue weighted by molar-refractivity contribution is -0.131. The van der Waals surface area contributed by atoms with E-state index in [1.807, 2.05) is 59.1 Å². The van der Waals surface area contributed by atoms with Crippen LogP contribution in [0.1, 0.15) is 41.2 Å². The standard InChI is InChI=1S/C27H24N4O2/c1-2-23(21-9-11-25-30-13-14-31(25)17-21)27(20-8-10-24(29)22(15-20)16-28)19-6-3-18(4-7-19)5-12-26(32)33/h3-17,28H,2,29H2,1H3,(H,32,33)/b12-5+,27-23+,28-16?. The molecule has 0 amide bonds. The summed E-state index contributed by atoms with van der Waals surface area (Å²) in [5.41, 5.74) is 14.1. The van der Waals surface area contributed by atoms with Gasteiger partial charge >= 0.3 is 5.97 Å². The molecule has 6 nitrogen and oxygen atoms in total. The second-order valence-electron chi connectivity index (χ2n) is 7.60. The predicted molar refractivity (Wildman–Crippen MR) is 133 cm³/mol. The Morgan fingerprint density at radius 2 is 1.82 bits per heavy atom. The minimum atomic E-state index is -0.983. The molecule has 0 aliphatic rings. The molecule has 0 aliphatic heterocycles. The zero-order valence-electron chi connectivity index (χ0n) is 18.2. The molecule has 4 rings (SSSR count). The van der Waals surface area contributed by atoms with Gasteiger partial charge in [0.05, 0.1) is 0 Å². The maximum atomic E-state index is 10.9. The highest BCUT2D eigenvalue weighted by Gasteiger charge is 2.15. The van der Waals surface area contributed by atoms with Crippen LogP contribution in [0.15, 0.2) is 79.3 Å². The van der Waals surface area contributed by atoms with Gasteiger partial charge in [0.1, 0.15) is 5.65 Å². The number of carboxylic acid groups (broad SMARTS) is 1. The highest BCUT2D eigenvalue weighted by molar-refractivity contribution is 6.00. The summed E-state index contributed by atoms with van der Waals surface area (Å²) in [6.07, 6.45) is 10.5. The monoisotopic (exact) mass is 436 g/mol. The number of aromatic nitrogens is 2. The Balaban J connectivity index is 1.93. The van der Waals surface area contributed by atoms with E-state index in [4.69, 9.17) is 16.2 Å². The minimum absolute atomic E-state index is 0.556. The molecule has 0 unspecified atom stereocenters. The van der Waals surface area contributed by atoms with Gasteiger partial charge < -0.3 is 20.7 Å². The first-order valence-corrected chi connectivity index (χ1v) is 10.6. The SMILES string of the molecule is CC/C(=C(/c1ccc(/C=C/C(=O)O)cc1)c1ccc(N)c(C=N)c1)c1ccc2nccn2c1. The number of carboxylic acids is 1. The van der Waals surface area contributed by atoms with Gasteiger partial charge in [-0.05, 0) is 70.2 Å². The number of imidazole rings is 1. The van der Waals surface area contributed by atoms with Crippen molar-refractivity contribution in [1.29, 1.82) is 5.41 Å². The Morgan fingerprint density at radius 1 is 1.09 bits per heavy atom. The molecule has 0 saturated carbocycles. The molecule has 2 heterocycles. The molecule has 0 fully saturated rings. The van der Waals surface area contributed by atoms with Crippen LogP contribution in [-0.4, -0.2) is 26.7 Å². The second-order valence-corrected chi connectivity index (χ2v) is 7.60. The van der Waals surface area contributed by atoms with Gasteiger partial charge in [-0.15, -0.1) is 0 Å². The molecule has 4 N–H and O–H groups in total. The van der Waals surface area contributed by atoms with E-state index in [9.17, 15) is 4.79 Å². The second kappa shape index (κ2) is 9.36. The molecule has 2 aromatic carbocycles. The van der Waals surface area contributed by atoms with Gasteiger partial charge in [-0.2, -0.15) is 0 Å². The number of hydrogen-bond donors (Lipinski definition) is 3. The molecule has 33 heavy (non-hydrogen) atoms. The first kappa shape index (κ1) is 21.8. The normalized spacial score (nSPS) is 12.2. The maximum Gasteiger partial charge on any atom is 0.328 e. The van der Waals surface area contributed by atoms with Crippen LogP contribution in [-0.2, 0) is 4.79 Å². The number of nitrogens with two attached hydrogens (primary N) is 1. The van der Waals surface area contributed by atoms with Crippen molar-refractivity contribution >= 4 is 40.7 Å². The summed E-state index contributed by atoms with van der Waals surface area (Å²) in [6, 6.07) is 17.6. The predicted octanol–water partition coefficient (Wildman–Crippen LogP) is 5.38. The maximum absolute atomic E-state index is 10.9. The number of nitrogens with zero attached hydrogens (tertiary/aromatic N) is 2. The summed E-state index contributed by atoms with van der Waals surface area (Å²) in [5.74, 6) is -0.983. The van der Waals surface area contributed by atoms with Crippen molar-refractivity contribution in [2.24, 2.45) is 0 Å². The van der Waals surface area contributed by atoms with Crippen molar-refractivity contribution < 1.29 is 9.90 Å². The van der Waals surface area contributed by atoms with Crippen molar-refractivity contribution in [2.45, 2.75) is 13.3 Å². The van der Waals surface area contributed by atoms with E-state index in [0.29, 0.717) is 11.3 Å². The highest BCUT2D eigenvalue weighted by Crippen LogP contribution is 2.35. The number of nitrogen functional groups attached to an aromatic ring is 1. The number of anilines is 1. The molecule has 0 spiro atoms. The summed E-state index contributed by atoms with van der Waals surface area (Å²) < 4.78 is 1.99. The van der Waals surface area contributed by atoms with Crippen LogP contribution in [0, 0.1) is 5.41 Å². The smallest absolute Gasteiger partial charge is 0.328 e. The fourth-order valence-electron chi connectivity index (χ4n) is 3.92. The van der Waals surface area contributed by atoms with Crippen LogP contribution < -0.4 is 5.73 Å². The summed E-state index contributed by atoms with van der Waals surface area (Å²) in [6.45, 7) is 2.12. The topological polar surface area (TPSA) is 104 Å². The average Bonchev–Trinajstić information content (AvgIpc) is 3.30. The molecule has 0 radical (unpaired) electrons. The molecule has 4 aromatic rings. The molecular weight excluding hydrogens is 412 g/mol. The number of aliphatic carboxylic acids is 1. The van der Waals surface area contributed by atoms with Gasteiger partial charge in [-0.25, -0.2) is 9.78 Å². The van der Waals surface area contributed by atoms with Gasteiger partial charge in [0, 0.05) is 42.1 Å². The number of carbonyl (C=O) groups is 1. The lowest BCUT2D eigenvalue weighted by Gasteiger charge is -2.17. The fourth-order valence-corrected chi connectivity index (χ4v) is 3.92. The van der Waals surface area contributed by atoms with Gasteiger partial charge in [0.15, 0.2) is 0 Å². The lowest BCUT2D eigenvalue weighted by atomic mass is 9.87. The van der Waals surface area contributed by atoms with E-state index >= 15 is 0 Å². The van der Waals surface area contributed by atoms with Gasteiger partial charge in [0.25, 0.3) is 0 Å². The van der Waals surface area contributed by atoms with E-state index in [2.05, 4.69) is 24.2 Å². The third kappa shape index (κ3) is 4.60. The number of hydrogen-bond acceptors (Lipinski definition) is 4. The van der Waals surface area contributed by atoms with Crippen LogP contribution in [0.2, 0.25) is 0 Å². The van der Waals surface area contributed by atoms with Crippen LogP contribution in [0.25, 0.3) is 22.9 Å². The van der Waals surface area contributed by atoms with Gasteiger partial charge in [0.2, 0.25) is 0 Å². The zero-order valence-corrected chi connectivity index (χ0v) is 18.2. The Kier molecular flexibility index (Phi) is 6.17. The number of allylic oxidation sites excluding steroid dienone is 1. The molecule has 0 atom stereocenters. The first-order valence-electron chi connectivity index (χ1n) is 10.6. The third-order valence-corrected chi connectivity index (χ3v) is 5.54. The quantitative estimate of drug-likeness (QED) is 0.205. The molecule has 164 valence electrons. The van der Waals surface area contributed by atoms with Crippen molar-refractivity contribution in [3.8, 4) is 0 Å². The fraction of sp³-hybridized carbons (Fsp3) is 0.0741. The van der Waals surface area contributed by atoms with E-state index in [1.54, 1.807) is 12.3 Å². The molecule has 0 aliphatic carbocycles. The Morgan fingerprint density at radius 3 is 2.52 bits per heavy atom. The number of fused-ring (bicyclic) bond motifs is 1. The summed E-state index contributed by atoms with van der Waals surface area (Å²) in [7, 11) is 0. The largest absolute Gasteiger partial charge is 0.478 e. The molecule has 2 aromatic heterocycles. The minimum Gasteiger partial charge on any atom is -0.478 e. The lowest BCUT2D eigenvalue weighted by Crippen LogP contribution is -1.99. The number of rotatable bonds is 7. The van der Waals surface area contributed by atoms with E-state index < -0.39 is 5.97 Å². The van der Waals surface area contributed by atoms with Crippen molar-refractivity contribution in [3.63, 3.8) is 0 Å². The van der Waals surface area contributed by atoms with Crippen LogP contribution in [0.4, 0.5) is 5.69 Å². The number of nitrogens with one attached hydrogen (secondary N) is 1. The van der Waals surface area contributed by atoms with Gasteiger partial charge in [-0.1, -0.05) is 37.3 Å². The molecule has 6 heteroatoms. The van der Waals surface area contributed by atoms with Crippen molar-refractivity contribution in [2.75, 3.05) is 5.73 Å². The molecule has 0 saturated heterocycles. The Bertz CT molecular complexity index is 1400. The van der Waals surface area contributed by atoms with Crippen LogP contribution in [0.3, 0.4) is 0 Å². The summed E-state index contributed by atoms with van der Waals surface area (Å²) >= 11 is 0. The zero-order chi connectivity index (χ0) is 23.4. The summed E-state index contributed by atoms with van der Waals surface area (Å²) in [5, 5.41) is 16.6. The van der Waals surface area contributed by atoms with E-state index in [-0.39, 0.29) is 0 Å².